The van der Waals surface area contributed by atoms with Crippen LogP contribution in [0.15, 0.2) is 0 Å². The van der Waals surface area contributed by atoms with Crippen LogP contribution in [0.4, 0.5) is 0 Å². The van der Waals surface area contributed by atoms with Crippen LogP contribution >= 0.6 is 0 Å². The second-order valence-electron chi connectivity index (χ2n) is 3.81. The molecule has 2 N–H and O–H groups in total. The molecule has 0 saturated heterocycles. The zero-order valence-corrected chi connectivity index (χ0v) is 9.77. The summed E-state index contributed by atoms with van der Waals surface area (Å²) in [6, 6.07) is 0. The first kappa shape index (κ1) is 13.1. The van der Waals surface area contributed by atoms with Crippen molar-refractivity contribution in [2.75, 3.05) is 38.7 Å². The van der Waals surface area contributed by atoms with Crippen LogP contribution in [-0.4, -0.2) is 47.8 Å². The normalized spacial score (nSPS) is 16.1. The Kier molecular flexibility index (Phi) is 7.51. The van der Waals surface area contributed by atoms with E-state index in [0.29, 0.717) is 12.5 Å². The molecule has 0 aromatic heterocycles. The number of rotatable bonds is 7. The molecule has 0 aliphatic carbocycles. The van der Waals surface area contributed by atoms with Crippen LogP contribution in [0.3, 0.4) is 0 Å². The number of hydrogen-bond acceptors (Lipinski definition) is 3. The summed E-state index contributed by atoms with van der Waals surface area (Å²) in [5.74, 6) is 1.95. The summed E-state index contributed by atoms with van der Waals surface area (Å²) < 4.78 is 11.4. The van der Waals surface area contributed by atoms with Crippen molar-refractivity contribution in [3.63, 3.8) is 0 Å². The lowest BCUT2D eigenvalue weighted by Gasteiger charge is -2.10. The SMILES string of the molecule is CC(CN)CS(=O)CCCN(C)C. The second kappa shape index (κ2) is 7.47. The number of nitrogens with two attached hydrogens (primary N) is 1. The average Bonchev–Trinajstić information content (AvgIpc) is 2.03. The molecule has 0 spiro atoms. The minimum atomic E-state index is -0.673. The fraction of sp³-hybridized carbons (Fsp3) is 1.00. The zero-order valence-electron chi connectivity index (χ0n) is 8.95. The molecular weight excluding hydrogens is 184 g/mol. The van der Waals surface area contributed by atoms with Gasteiger partial charge in [0.2, 0.25) is 0 Å². The van der Waals surface area contributed by atoms with Crippen molar-refractivity contribution in [2.24, 2.45) is 11.7 Å². The predicted molar refractivity (Wildman–Crippen MR) is 59.3 cm³/mol. The summed E-state index contributed by atoms with van der Waals surface area (Å²) in [6.07, 6.45) is 1.01. The Balaban J connectivity index is 3.41. The van der Waals surface area contributed by atoms with Crippen molar-refractivity contribution in [1.29, 1.82) is 0 Å². The summed E-state index contributed by atoms with van der Waals surface area (Å²) in [4.78, 5) is 2.11. The maximum absolute atomic E-state index is 11.4. The van der Waals surface area contributed by atoms with Crippen LogP contribution < -0.4 is 5.73 Å². The van der Waals surface area contributed by atoms with Crippen LogP contribution in [0.1, 0.15) is 13.3 Å². The molecule has 2 atom stereocenters. The summed E-state index contributed by atoms with van der Waals surface area (Å²) in [7, 11) is 3.39. The van der Waals surface area contributed by atoms with Crippen LogP contribution in [0.25, 0.3) is 0 Å². The predicted octanol–water partition coefficient (Wildman–Crippen LogP) is 0.282. The second-order valence-corrected chi connectivity index (χ2v) is 5.43. The van der Waals surface area contributed by atoms with E-state index >= 15 is 0 Å². The first-order valence-electron chi connectivity index (χ1n) is 4.76. The van der Waals surface area contributed by atoms with E-state index < -0.39 is 10.8 Å². The Labute approximate surface area is 84.1 Å². The molecule has 0 aromatic carbocycles. The molecule has 0 heterocycles. The van der Waals surface area contributed by atoms with Crippen LogP contribution in [0, 0.1) is 5.92 Å². The molecule has 0 fully saturated rings. The smallest absolute Gasteiger partial charge is 0.0272 e. The van der Waals surface area contributed by atoms with E-state index in [4.69, 9.17) is 5.73 Å². The quantitative estimate of drug-likeness (QED) is 0.651. The molecule has 0 aliphatic rings. The molecule has 4 heteroatoms. The molecular formula is C9H22N2OS. The van der Waals surface area contributed by atoms with Gasteiger partial charge in [0, 0.05) is 22.3 Å². The average molecular weight is 206 g/mol. The lowest BCUT2D eigenvalue weighted by atomic mass is 10.2. The summed E-state index contributed by atoms with van der Waals surface area (Å²) in [6.45, 7) is 3.70. The van der Waals surface area contributed by atoms with Gasteiger partial charge in [-0.2, -0.15) is 0 Å². The maximum Gasteiger partial charge on any atom is 0.0272 e. The topological polar surface area (TPSA) is 46.3 Å². The third kappa shape index (κ3) is 8.40. The first-order chi connectivity index (χ1) is 6.06. The van der Waals surface area contributed by atoms with Crippen LogP contribution in [0.5, 0.6) is 0 Å². The molecule has 0 rings (SSSR count). The highest BCUT2D eigenvalue weighted by Gasteiger charge is 2.05. The van der Waals surface area contributed by atoms with E-state index in [9.17, 15) is 4.21 Å². The molecule has 13 heavy (non-hydrogen) atoms. The van der Waals surface area contributed by atoms with E-state index in [1.165, 1.54) is 0 Å². The highest BCUT2D eigenvalue weighted by molar-refractivity contribution is 7.84. The lowest BCUT2D eigenvalue weighted by Crippen LogP contribution is -2.21. The van der Waals surface area contributed by atoms with Crippen molar-refractivity contribution in [2.45, 2.75) is 13.3 Å². The molecule has 2 unspecified atom stereocenters. The van der Waals surface area contributed by atoms with Crippen LogP contribution in [0.2, 0.25) is 0 Å². The Morgan fingerprint density at radius 1 is 1.46 bits per heavy atom. The Morgan fingerprint density at radius 2 is 2.08 bits per heavy atom. The third-order valence-corrected chi connectivity index (χ3v) is 3.53. The maximum atomic E-state index is 11.4. The third-order valence-electron chi connectivity index (χ3n) is 1.85. The van der Waals surface area contributed by atoms with Crippen molar-refractivity contribution in [1.82, 2.24) is 4.90 Å². The Bertz CT molecular complexity index is 151. The van der Waals surface area contributed by atoms with Gasteiger partial charge < -0.3 is 10.6 Å². The monoisotopic (exact) mass is 206 g/mol. The minimum Gasteiger partial charge on any atom is -0.330 e. The van der Waals surface area contributed by atoms with Crippen molar-refractivity contribution >= 4 is 10.8 Å². The molecule has 0 aromatic rings. The molecule has 0 amide bonds. The molecule has 0 radical (unpaired) electrons. The highest BCUT2D eigenvalue weighted by atomic mass is 32.2. The van der Waals surface area contributed by atoms with Crippen molar-refractivity contribution < 1.29 is 4.21 Å². The van der Waals surface area contributed by atoms with Gasteiger partial charge in [-0.3, -0.25) is 4.21 Å². The summed E-state index contributed by atoms with van der Waals surface area (Å²) >= 11 is 0. The minimum absolute atomic E-state index is 0.389. The van der Waals surface area contributed by atoms with E-state index in [-0.39, 0.29) is 0 Å². The number of nitrogens with zero attached hydrogens (tertiary/aromatic N) is 1. The fourth-order valence-electron chi connectivity index (χ4n) is 1.01. The summed E-state index contributed by atoms with van der Waals surface area (Å²) in [5.41, 5.74) is 5.45. The van der Waals surface area contributed by atoms with E-state index in [1.54, 1.807) is 0 Å². The van der Waals surface area contributed by atoms with E-state index in [1.807, 2.05) is 21.0 Å². The highest BCUT2D eigenvalue weighted by Crippen LogP contribution is 1.97. The molecule has 0 aliphatic heterocycles. The van der Waals surface area contributed by atoms with Crippen molar-refractivity contribution in [3.8, 4) is 0 Å². The van der Waals surface area contributed by atoms with Crippen LogP contribution in [-0.2, 0) is 10.8 Å². The van der Waals surface area contributed by atoms with Gasteiger partial charge >= 0.3 is 0 Å². The van der Waals surface area contributed by atoms with Gasteiger partial charge in [0.25, 0.3) is 0 Å². The Hall–Kier alpha value is 0.0700. The van der Waals surface area contributed by atoms with E-state index in [2.05, 4.69) is 4.90 Å². The van der Waals surface area contributed by atoms with Gasteiger partial charge in [0.1, 0.15) is 0 Å². The largest absolute Gasteiger partial charge is 0.330 e. The molecule has 0 saturated carbocycles. The van der Waals surface area contributed by atoms with Crippen molar-refractivity contribution in [3.05, 3.63) is 0 Å². The lowest BCUT2D eigenvalue weighted by molar-refractivity contribution is 0.409. The van der Waals surface area contributed by atoms with Gasteiger partial charge in [-0.1, -0.05) is 6.92 Å². The van der Waals surface area contributed by atoms with Gasteiger partial charge in [-0.15, -0.1) is 0 Å². The standard InChI is InChI=1S/C9H22N2OS/c1-9(7-10)8-13(12)6-4-5-11(2)3/h9H,4-8,10H2,1-3H3. The first-order valence-corrected chi connectivity index (χ1v) is 6.24. The summed E-state index contributed by atoms with van der Waals surface area (Å²) in [5, 5.41) is 0. The Morgan fingerprint density at radius 3 is 2.54 bits per heavy atom. The van der Waals surface area contributed by atoms with Gasteiger partial charge in [-0.05, 0) is 39.5 Å². The fourth-order valence-corrected chi connectivity index (χ4v) is 2.40. The van der Waals surface area contributed by atoms with E-state index in [0.717, 1.165) is 24.5 Å². The molecule has 0 bridgehead atoms. The van der Waals surface area contributed by atoms with Gasteiger partial charge in [0.15, 0.2) is 0 Å². The van der Waals surface area contributed by atoms with Gasteiger partial charge in [-0.25, -0.2) is 0 Å². The molecule has 80 valence electrons. The van der Waals surface area contributed by atoms with Gasteiger partial charge in [0.05, 0.1) is 0 Å². The number of hydrogen-bond donors (Lipinski definition) is 1. The molecule has 3 nitrogen and oxygen atoms in total. The zero-order chi connectivity index (χ0) is 10.3.